The Morgan fingerprint density at radius 3 is 2.69 bits per heavy atom. The Balaban J connectivity index is 1.41. The first-order valence-electron chi connectivity index (χ1n) is 9.77. The number of urea groups is 1. The van der Waals surface area contributed by atoms with Crippen LogP contribution in [0.1, 0.15) is 30.4 Å². The van der Waals surface area contributed by atoms with Gasteiger partial charge in [-0.15, -0.1) is 10.2 Å². The van der Waals surface area contributed by atoms with Gasteiger partial charge in [-0.2, -0.15) is 0 Å². The molecular weight excluding hydrogens is 368 g/mol. The lowest BCUT2D eigenvalue weighted by Crippen LogP contribution is -2.36. The monoisotopic (exact) mass is 394 g/mol. The van der Waals surface area contributed by atoms with Crippen LogP contribution in [0.25, 0.3) is 11.5 Å². The highest BCUT2D eigenvalue weighted by molar-refractivity contribution is 5.73. The molecule has 0 atom stereocenters. The number of nitrogens with one attached hydrogen (secondary N) is 2. The molecule has 0 saturated carbocycles. The van der Waals surface area contributed by atoms with Gasteiger partial charge in [0.25, 0.3) is 0 Å². The van der Waals surface area contributed by atoms with E-state index in [2.05, 4.69) is 27.8 Å². The first-order chi connectivity index (χ1) is 14.2. The van der Waals surface area contributed by atoms with Gasteiger partial charge in [-0.3, -0.25) is 0 Å². The first kappa shape index (κ1) is 20.4. The van der Waals surface area contributed by atoms with Crippen LogP contribution in [0, 0.1) is 6.92 Å². The van der Waals surface area contributed by atoms with Crippen molar-refractivity contribution < 1.29 is 13.9 Å². The number of nitrogens with zero attached hydrogens (tertiary/aromatic N) is 2. The Hall–Kier alpha value is -3.35. The molecule has 2 aromatic carbocycles. The van der Waals surface area contributed by atoms with Crippen LogP contribution in [0.3, 0.4) is 0 Å². The minimum atomic E-state index is -0.237. The van der Waals surface area contributed by atoms with Crippen LogP contribution in [-0.2, 0) is 13.0 Å². The van der Waals surface area contributed by atoms with E-state index >= 15 is 0 Å². The molecule has 0 radical (unpaired) electrons. The Morgan fingerprint density at radius 1 is 1.10 bits per heavy atom. The second-order valence-electron chi connectivity index (χ2n) is 6.66. The third-order valence-electron chi connectivity index (χ3n) is 4.34. The summed E-state index contributed by atoms with van der Waals surface area (Å²) < 4.78 is 11.3. The summed E-state index contributed by atoms with van der Waals surface area (Å²) >= 11 is 0. The fourth-order valence-electron chi connectivity index (χ4n) is 2.75. The predicted molar refractivity (Wildman–Crippen MR) is 111 cm³/mol. The molecule has 1 aromatic heterocycles. The average Bonchev–Trinajstić information content (AvgIpc) is 3.21. The van der Waals surface area contributed by atoms with Crippen molar-refractivity contribution in [2.24, 2.45) is 0 Å². The number of benzene rings is 2. The van der Waals surface area contributed by atoms with Gasteiger partial charge in [-0.1, -0.05) is 31.2 Å². The fraction of sp³-hybridized carbons (Fsp3) is 0.318. The summed E-state index contributed by atoms with van der Waals surface area (Å²) in [4.78, 5) is 12.0. The molecule has 1 heterocycles. The summed E-state index contributed by atoms with van der Waals surface area (Å²) in [5.74, 6) is 1.82. The highest BCUT2D eigenvalue weighted by atomic mass is 16.5. The number of rotatable bonds is 9. The van der Waals surface area contributed by atoms with Gasteiger partial charge in [0.05, 0.1) is 6.61 Å². The summed E-state index contributed by atoms with van der Waals surface area (Å²) in [5.41, 5.74) is 3.00. The van der Waals surface area contributed by atoms with E-state index in [-0.39, 0.29) is 6.03 Å². The molecule has 0 aliphatic rings. The third-order valence-corrected chi connectivity index (χ3v) is 4.34. The van der Waals surface area contributed by atoms with E-state index in [1.165, 1.54) is 0 Å². The maximum Gasteiger partial charge on any atom is 0.315 e. The predicted octanol–water partition coefficient (Wildman–Crippen LogP) is 3.88. The summed E-state index contributed by atoms with van der Waals surface area (Å²) in [5, 5.41) is 13.7. The van der Waals surface area contributed by atoms with Crippen molar-refractivity contribution in [2.75, 3.05) is 13.2 Å². The van der Waals surface area contributed by atoms with E-state index in [1.54, 1.807) is 0 Å². The molecule has 2 N–H and O–H groups in total. The normalized spacial score (nSPS) is 10.6. The van der Waals surface area contributed by atoms with Gasteiger partial charge in [0.15, 0.2) is 0 Å². The number of carbonyl (C=O) groups excluding carboxylic acids is 1. The van der Waals surface area contributed by atoms with E-state index in [0.29, 0.717) is 37.9 Å². The Labute approximate surface area is 170 Å². The van der Waals surface area contributed by atoms with Gasteiger partial charge in [0.1, 0.15) is 5.75 Å². The minimum absolute atomic E-state index is 0.237. The highest BCUT2D eigenvalue weighted by Gasteiger charge is 2.09. The number of amides is 2. The Bertz CT molecular complexity index is 925. The minimum Gasteiger partial charge on any atom is -0.494 e. The van der Waals surface area contributed by atoms with Crippen molar-refractivity contribution in [1.82, 2.24) is 20.8 Å². The van der Waals surface area contributed by atoms with Gasteiger partial charge < -0.3 is 19.8 Å². The topological polar surface area (TPSA) is 89.3 Å². The van der Waals surface area contributed by atoms with Crippen molar-refractivity contribution in [3.8, 4) is 17.2 Å². The van der Waals surface area contributed by atoms with E-state index < -0.39 is 0 Å². The zero-order valence-corrected chi connectivity index (χ0v) is 16.8. The van der Waals surface area contributed by atoms with E-state index in [0.717, 1.165) is 28.9 Å². The van der Waals surface area contributed by atoms with Crippen LogP contribution >= 0.6 is 0 Å². The largest absolute Gasteiger partial charge is 0.494 e. The second kappa shape index (κ2) is 10.3. The van der Waals surface area contributed by atoms with Crippen molar-refractivity contribution in [1.29, 1.82) is 0 Å². The molecule has 0 unspecified atom stereocenters. The number of aryl methyl sites for hydroxylation is 1. The van der Waals surface area contributed by atoms with Crippen molar-refractivity contribution in [2.45, 2.75) is 33.2 Å². The maximum absolute atomic E-state index is 12.0. The number of aromatic nitrogens is 2. The standard InChI is InChI=1S/C22H26N4O3/c1-3-13-28-19-10-9-18(16(2)14-19)15-24-22(27)23-12-11-20-25-26-21(29-20)17-7-5-4-6-8-17/h4-10,14H,3,11-13,15H2,1-2H3,(H2,23,24,27). The molecule has 0 bridgehead atoms. The second-order valence-corrected chi connectivity index (χ2v) is 6.66. The number of carbonyl (C=O) groups is 1. The SMILES string of the molecule is CCCOc1ccc(CNC(=O)NCCc2nnc(-c3ccccc3)o2)c(C)c1. The molecule has 3 rings (SSSR count). The number of hydrogen-bond acceptors (Lipinski definition) is 5. The molecule has 2 amide bonds. The van der Waals surface area contributed by atoms with Crippen LogP contribution in [0.15, 0.2) is 52.9 Å². The van der Waals surface area contributed by atoms with Gasteiger partial charge in [0, 0.05) is 25.1 Å². The lowest BCUT2D eigenvalue weighted by molar-refractivity contribution is 0.240. The smallest absolute Gasteiger partial charge is 0.315 e. The lowest BCUT2D eigenvalue weighted by Gasteiger charge is -2.11. The fourth-order valence-corrected chi connectivity index (χ4v) is 2.75. The molecule has 7 nitrogen and oxygen atoms in total. The zero-order valence-electron chi connectivity index (χ0n) is 16.8. The summed E-state index contributed by atoms with van der Waals surface area (Å²) in [6.07, 6.45) is 1.44. The Kier molecular flexibility index (Phi) is 7.22. The molecular formula is C22H26N4O3. The molecule has 7 heteroatoms. The summed E-state index contributed by atoms with van der Waals surface area (Å²) in [6, 6.07) is 15.2. The van der Waals surface area contributed by atoms with Crippen molar-refractivity contribution in [3.63, 3.8) is 0 Å². The third kappa shape index (κ3) is 6.07. The quantitative estimate of drug-likeness (QED) is 0.575. The van der Waals surface area contributed by atoms with E-state index in [4.69, 9.17) is 9.15 Å². The van der Waals surface area contributed by atoms with Crippen LogP contribution in [-0.4, -0.2) is 29.4 Å². The van der Waals surface area contributed by atoms with Crippen LogP contribution in [0.4, 0.5) is 4.79 Å². The average molecular weight is 394 g/mol. The van der Waals surface area contributed by atoms with Gasteiger partial charge in [-0.25, -0.2) is 4.79 Å². The zero-order chi connectivity index (χ0) is 20.5. The summed E-state index contributed by atoms with van der Waals surface area (Å²) in [7, 11) is 0. The molecule has 0 aliphatic heterocycles. The Morgan fingerprint density at radius 2 is 1.93 bits per heavy atom. The summed E-state index contributed by atoms with van der Waals surface area (Å²) in [6.45, 7) is 5.64. The van der Waals surface area contributed by atoms with E-state index in [1.807, 2.05) is 55.5 Å². The van der Waals surface area contributed by atoms with Gasteiger partial charge in [0.2, 0.25) is 11.8 Å². The number of hydrogen-bond donors (Lipinski definition) is 2. The van der Waals surface area contributed by atoms with Gasteiger partial charge >= 0.3 is 6.03 Å². The van der Waals surface area contributed by atoms with Crippen LogP contribution in [0.2, 0.25) is 0 Å². The molecule has 152 valence electrons. The van der Waals surface area contributed by atoms with Gasteiger partial charge in [-0.05, 0) is 48.7 Å². The number of ether oxygens (including phenoxy) is 1. The molecule has 0 spiro atoms. The first-order valence-corrected chi connectivity index (χ1v) is 9.77. The lowest BCUT2D eigenvalue weighted by atomic mass is 10.1. The molecule has 0 saturated heterocycles. The molecule has 29 heavy (non-hydrogen) atoms. The molecule has 0 fully saturated rings. The molecule has 0 aliphatic carbocycles. The maximum atomic E-state index is 12.0. The van der Waals surface area contributed by atoms with Crippen molar-refractivity contribution in [3.05, 3.63) is 65.5 Å². The molecule has 3 aromatic rings. The highest BCUT2D eigenvalue weighted by Crippen LogP contribution is 2.18. The van der Waals surface area contributed by atoms with Crippen molar-refractivity contribution >= 4 is 6.03 Å². The van der Waals surface area contributed by atoms with E-state index in [9.17, 15) is 4.79 Å². The van der Waals surface area contributed by atoms with Crippen LogP contribution in [0.5, 0.6) is 5.75 Å². The van der Waals surface area contributed by atoms with Crippen LogP contribution < -0.4 is 15.4 Å².